The summed E-state index contributed by atoms with van der Waals surface area (Å²) in [7, 11) is -0.0201. The molecule has 164 valence electrons. The van der Waals surface area contributed by atoms with Gasteiger partial charge in [0.2, 0.25) is 0 Å². The predicted molar refractivity (Wildman–Crippen MR) is 118 cm³/mol. The molecule has 7 nitrogen and oxygen atoms in total. The number of sulfone groups is 1. The lowest BCUT2D eigenvalue weighted by molar-refractivity contribution is -0.147. The minimum atomic E-state index is -3.12. The maximum Gasteiger partial charge on any atom is 0.339 e. The van der Waals surface area contributed by atoms with Crippen LogP contribution in [0.15, 0.2) is 54.6 Å². The molecule has 0 unspecified atom stereocenters. The van der Waals surface area contributed by atoms with E-state index in [4.69, 9.17) is 9.47 Å². The van der Waals surface area contributed by atoms with Gasteiger partial charge in [0.1, 0.15) is 5.75 Å². The molecule has 31 heavy (non-hydrogen) atoms. The highest BCUT2D eigenvalue weighted by Gasteiger charge is 2.33. The first-order valence-electron chi connectivity index (χ1n) is 9.83. The number of rotatable bonds is 7. The summed E-state index contributed by atoms with van der Waals surface area (Å²) in [5.74, 6) is -0.429. The Morgan fingerprint density at radius 2 is 1.87 bits per heavy atom. The van der Waals surface area contributed by atoms with Gasteiger partial charge in [-0.3, -0.25) is 4.79 Å². The van der Waals surface area contributed by atoms with Gasteiger partial charge in [-0.1, -0.05) is 42.5 Å². The zero-order valence-electron chi connectivity index (χ0n) is 17.5. The van der Waals surface area contributed by atoms with Gasteiger partial charge >= 0.3 is 5.97 Å². The highest BCUT2D eigenvalue weighted by Crippen LogP contribution is 2.22. The lowest BCUT2D eigenvalue weighted by Gasteiger charge is -2.23. The molecule has 1 aliphatic rings. The second-order valence-corrected chi connectivity index (χ2v) is 9.57. The Bertz CT molecular complexity index is 1080. The van der Waals surface area contributed by atoms with E-state index in [1.807, 2.05) is 30.3 Å². The summed E-state index contributed by atoms with van der Waals surface area (Å²) in [4.78, 5) is 26.7. The van der Waals surface area contributed by atoms with E-state index >= 15 is 0 Å². The van der Waals surface area contributed by atoms with Crippen molar-refractivity contribution in [2.45, 2.75) is 12.5 Å². The summed E-state index contributed by atoms with van der Waals surface area (Å²) in [6.07, 6.45) is 2.07. The van der Waals surface area contributed by atoms with Crippen LogP contribution in [-0.4, -0.2) is 63.5 Å². The minimum Gasteiger partial charge on any atom is -0.497 e. The molecule has 1 amide bonds. The van der Waals surface area contributed by atoms with Gasteiger partial charge in [-0.25, -0.2) is 13.2 Å². The Labute approximate surface area is 182 Å². The third-order valence-corrected chi connectivity index (χ3v) is 6.94. The monoisotopic (exact) mass is 443 g/mol. The molecule has 0 spiro atoms. The molecule has 1 heterocycles. The zero-order valence-corrected chi connectivity index (χ0v) is 18.3. The van der Waals surface area contributed by atoms with Gasteiger partial charge in [-0.2, -0.15) is 0 Å². The average molecular weight is 444 g/mol. The van der Waals surface area contributed by atoms with Crippen molar-refractivity contribution in [2.75, 3.05) is 32.3 Å². The number of esters is 1. The largest absolute Gasteiger partial charge is 0.497 e. The van der Waals surface area contributed by atoms with Crippen molar-refractivity contribution in [2.24, 2.45) is 0 Å². The first-order chi connectivity index (χ1) is 14.8. The number of ether oxygens (including phenoxy) is 2. The topological polar surface area (TPSA) is 90.0 Å². The van der Waals surface area contributed by atoms with Crippen LogP contribution < -0.4 is 4.74 Å². The lowest BCUT2D eigenvalue weighted by atomic mass is 10.0. The van der Waals surface area contributed by atoms with Crippen molar-refractivity contribution >= 4 is 33.4 Å². The molecule has 3 rings (SSSR count). The van der Waals surface area contributed by atoms with Crippen LogP contribution >= 0.6 is 0 Å². The Balaban J connectivity index is 1.74. The Kier molecular flexibility index (Phi) is 7.12. The van der Waals surface area contributed by atoms with Crippen LogP contribution in [-0.2, 0) is 24.2 Å². The quantitative estimate of drug-likeness (QED) is 0.371. The third kappa shape index (κ3) is 5.95. The molecule has 1 aliphatic heterocycles. The molecule has 0 bridgehead atoms. The van der Waals surface area contributed by atoms with E-state index in [2.05, 4.69) is 0 Å². The van der Waals surface area contributed by atoms with Crippen LogP contribution in [0.2, 0.25) is 0 Å². The molecule has 8 heteroatoms. The predicted octanol–water partition coefficient (Wildman–Crippen LogP) is 2.42. The molecule has 0 saturated carbocycles. The third-order valence-electron chi connectivity index (χ3n) is 5.19. The Morgan fingerprint density at radius 1 is 1.13 bits per heavy atom. The molecule has 1 atom stereocenters. The molecule has 2 aromatic rings. The number of likely N-dealkylation sites (N-methyl/N-ethyl adjacent to an activating group) is 1. The number of nitrogens with zero attached hydrogens (tertiary/aromatic N) is 1. The molecular weight excluding hydrogens is 418 g/mol. The van der Waals surface area contributed by atoms with Crippen molar-refractivity contribution in [1.82, 2.24) is 4.90 Å². The SMILES string of the molecule is COc1cccc(/C=C(/C(=O)OCC(=O)N(C)[C@@H]2CCS(=O)(=O)C2)c2ccccc2)c1. The maximum absolute atomic E-state index is 12.9. The van der Waals surface area contributed by atoms with Crippen LogP contribution in [0.25, 0.3) is 11.6 Å². The number of hydrogen-bond acceptors (Lipinski definition) is 6. The lowest BCUT2D eigenvalue weighted by Crippen LogP contribution is -2.40. The molecule has 0 radical (unpaired) electrons. The number of amides is 1. The Morgan fingerprint density at radius 3 is 2.52 bits per heavy atom. The number of methoxy groups -OCH3 is 1. The molecule has 1 fully saturated rings. The molecule has 2 aromatic carbocycles. The highest BCUT2D eigenvalue weighted by molar-refractivity contribution is 7.91. The molecule has 1 saturated heterocycles. The van der Waals surface area contributed by atoms with E-state index in [-0.39, 0.29) is 11.5 Å². The van der Waals surface area contributed by atoms with E-state index in [0.29, 0.717) is 23.3 Å². The standard InChI is InChI=1S/C23H25NO6S/c1-24(19-11-12-31(27,28)16-19)22(25)15-30-23(26)21(18-8-4-3-5-9-18)14-17-7-6-10-20(13-17)29-2/h3-10,13-14,19H,11-12,15-16H2,1-2H3/b21-14+/t19-/m1/s1. The van der Waals surface area contributed by atoms with E-state index < -0.39 is 34.4 Å². The summed E-state index contributed by atoms with van der Waals surface area (Å²) < 4.78 is 33.9. The van der Waals surface area contributed by atoms with E-state index in [1.165, 1.54) is 11.9 Å². The van der Waals surface area contributed by atoms with Crippen molar-refractivity contribution in [1.29, 1.82) is 0 Å². The fourth-order valence-electron chi connectivity index (χ4n) is 3.37. The summed E-state index contributed by atoms with van der Waals surface area (Å²) in [6, 6.07) is 15.9. The number of carbonyl (C=O) groups excluding carboxylic acids is 2. The van der Waals surface area contributed by atoms with Gasteiger partial charge in [0.05, 0.1) is 24.2 Å². The molecule has 0 aromatic heterocycles. The second kappa shape index (κ2) is 9.78. The minimum absolute atomic E-state index is 0.0613. The maximum atomic E-state index is 12.9. The van der Waals surface area contributed by atoms with Gasteiger partial charge in [0, 0.05) is 13.1 Å². The molecule has 0 aliphatic carbocycles. The van der Waals surface area contributed by atoms with Crippen LogP contribution in [0.1, 0.15) is 17.5 Å². The van der Waals surface area contributed by atoms with Gasteiger partial charge in [-0.05, 0) is 35.8 Å². The first-order valence-corrected chi connectivity index (χ1v) is 11.7. The van der Waals surface area contributed by atoms with Gasteiger partial charge in [0.25, 0.3) is 5.91 Å². The van der Waals surface area contributed by atoms with Crippen LogP contribution in [0, 0.1) is 0 Å². The van der Waals surface area contributed by atoms with Crippen molar-refractivity contribution in [3.63, 3.8) is 0 Å². The highest BCUT2D eigenvalue weighted by atomic mass is 32.2. The van der Waals surface area contributed by atoms with Gasteiger partial charge in [-0.15, -0.1) is 0 Å². The first kappa shape index (κ1) is 22.6. The fourth-order valence-corrected chi connectivity index (χ4v) is 5.14. The van der Waals surface area contributed by atoms with Crippen molar-refractivity contribution in [3.8, 4) is 5.75 Å². The average Bonchev–Trinajstić information content (AvgIpc) is 3.15. The summed E-state index contributed by atoms with van der Waals surface area (Å²) >= 11 is 0. The Hall–Kier alpha value is -3.13. The van der Waals surface area contributed by atoms with E-state index in [0.717, 1.165) is 5.56 Å². The second-order valence-electron chi connectivity index (χ2n) is 7.34. The summed E-state index contributed by atoms with van der Waals surface area (Å²) in [5, 5.41) is 0. The normalized spacial score (nSPS) is 17.7. The van der Waals surface area contributed by atoms with Gasteiger partial charge < -0.3 is 14.4 Å². The van der Waals surface area contributed by atoms with Gasteiger partial charge in [0.15, 0.2) is 16.4 Å². The summed E-state index contributed by atoms with van der Waals surface area (Å²) in [6.45, 7) is -0.464. The van der Waals surface area contributed by atoms with Crippen molar-refractivity contribution < 1.29 is 27.5 Å². The molecule has 0 N–H and O–H groups in total. The van der Waals surface area contributed by atoms with Crippen LogP contribution in [0.3, 0.4) is 0 Å². The fraction of sp³-hybridized carbons (Fsp3) is 0.304. The number of carbonyl (C=O) groups is 2. The van der Waals surface area contributed by atoms with Crippen LogP contribution in [0.4, 0.5) is 0 Å². The van der Waals surface area contributed by atoms with Crippen molar-refractivity contribution in [3.05, 3.63) is 65.7 Å². The number of benzene rings is 2. The van der Waals surface area contributed by atoms with Crippen LogP contribution in [0.5, 0.6) is 5.75 Å². The number of hydrogen-bond donors (Lipinski definition) is 0. The smallest absolute Gasteiger partial charge is 0.339 e. The zero-order chi connectivity index (χ0) is 22.4. The van der Waals surface area contributed by atoms with E-state index in [1.54, 1.807) is 37.5 Å². The summed E-state index contributed by atoms with van der Waals surface area (Å²) in [5.41, 5.74) is 1.69. The van der Waals surface area contributed by atoms with E-state index in [9.17, 15) is 18.0 Å². The molecular formula is C23H25NO6S.